The van der Waals surface area contributed by atoms with Gasteiger partial charge in [0.1, 0.15) is 17.2 Å². The molecule has 1 aromatic carbocycles. The van der Waals surface area contributed by atoms with Crippen molar-refractivity contribution in [3.8, 4) is 0 Å². The van der Waals surface area contributed by atoms with Crippen molar-refractivity contribution in [1.29, 1.82) is 0 Å². The lowest BCUT2D eigenvalue weighted by atomic mass is 9.85. The van der Waals surface area contributed by atoms with Gasteiger partial charge in [-0.05, 0) is 32.9 Å². The number of aliphatic carboxylic acids is 1. The molecule has 0 aliphatic heterocycles. The molecule has 0 bridgehead atoms. The van der Waals surface area contributed by atoms with Crippen molar-refractivity contribution in [2.45, 2.75) is 37.0 Å². The van der Waals surface area contributed by atoms with Crippen molar-refractivity contribution >= 4 is 17.3 Å². The predicted octanol–water partition coefficient (Wildman–Crippen LogP) is 3.32. The van der Waals surface area contributed by atoms with Gasteiger partial charge in [-0.25, -0.2) is 13.6 Å². The molecule has 4 nitrogen and oxygen atoms in total. The Morgan fingerprint density at radius 2 is 1.88 bits per heavy atom. The van der Waals surface area contributed by atoms with Gasteiger partial charge in [0.2, 0.25) is 0 Å². The van der Waals surface area contributed by atoms with Gasteiger partial charge in [-0.3, -0.25) is 0 Å². The van der Waals surface area contributed by atoms with Gasteiger partial charge in [-0.2, -0.15) is 8.78 Å². The standard InChI is InChI=1S/C16H19F4NO3S/c1-14(2,3)25(24)21-15(10-17,11-6-4-5-7-12(11)18)16(19,20)9-8-13(22)23/h4-9,21H,10H2,1-3H3,(H,22,23)/t15?,25-/m1/s1. The minimum absolute atomic E-state index is 0.0474. The number of hydrogen-bond donors (Lipinski definition) is 2. The van der Waals surface area contributed by atoms with Gasteiger partial charge in [0.05, 0.1) is 0 Å². The SMILES string of the molecule is CC(C)(C)[S@@+]([O-])NC(CF)(c1ccccc1F)C(F)(F)C=CC(=O)O. The second kappa shape index (κ2) is 7.76. The van der Waals surface area contributed by atoms with E-state index in [2.05, 4.69) is 0 Å². The van der Waals surface area contributed by atoms with E-state index in [9.17, 15) is 26.9 Å². The van der Waals surface area contributed by atoms with Gasteiger partial charge < -0.3 is 9.66 Å². The molecule has 0 fully saturated rings. The lowest BCUT2D eigenvalue weighted by Crippen LogP contribution is -2.61. The van der Waals surface area contributed by atoms with Crippen LogP contribution >= 0.6 is 0 Å². The molecule has 0 saturated carbocycles. The summed E-state index contributed by atoms with van der Waals surface area (Å²) in [5.41, 5.74) is -3.79. The van der Waals surface area contributed by atoms with Crippen LogP contribution in [0, 0.1) is 5.82 Å². The molecule has 0 amide bonds. The minimum Gasteiger partial charge on any atom is -0.598 e. The van der Waals surface area contributed by atoms with Gasteiger partial charge in [0, 0.05) is 23.0 Å². The van der Waals surface area contributed by atoms with Gasteiger partial charge in [-0.15, -0.1) is 4.72 Å². The molecule has 2 atom stereocenters. The number of hydrogen-bond acceptors (Lipinski definition) is 3. The number of halogens is 4. The quantitative estimate of drug-likeness (QED) is 0.432. The van der Waals surface area contributed by atoms with E-state index >= 15 is 0 Å². The van der Waals surface area contributed by atoms with Gasteiger partial charge in [-0.1, -0.05) is 18.2 Å². The maximum absolute atomic E-state index is 14.8. The number of benzene rings is 1. The summed E-state index contributed by atoms with van der Waals surface area (Å²) >= 11 is -2.19. The Morgan fingerprint density at radius 1 is 1.32 bits per heavy atom. The van der Waals surface area contributed by atoms with Crippen molar-refractivity contribution in [3.05, 3.63) is 47.8 Å². The van der Waals surface area contributed by atoms with E-state index in [4.69, 9.17) is 5.11 Å². The maximum atomic E-state index is 14.8. The van der Waals surface area contributed by atoms with E-state index < -0.39 is 51.6 Å². The number of alkyl halides is 3. The summed E-state index contributed by atoms with van der Waals surface area (Å²) in [6.45, 7) is 2.57. The fourth-order valence-electron chi connectivity index (χ4n) is 1.93. The highest BCUT2D eigenvalue weighted by Crippen LogP contribution is 2.42. The van der Waals surface area contributed by atoms with Crippen LogP contribution in [0.15, 0.2) is 36.4 Å². The Bertz CT molecular complexity index is 649. The molecule has 0 spiro atoms. The third-order valence-corrected chi connectivity index (χ3v) is 5.01. The van der Waals surface area contributed by atoms with Crippen LogP contribution in [-0.4, -0.2) is 33.0 Å². The first kappa shape index (κ1) is 21.5. The van der Waals surface area contributed by atoms with Crippen molar-refractivity contribution in [2.75, 3.05) is 6.67 Å². The van der Waals surface area contributed by atoms with E-state index in [1.165, 1.54) is 32.9 Å². The van der Waals surface area contributed by atoms with Crippen LogP contribution in [0.1, 0.15) is 26.3 Å². The maximum Gasteiger partial charge on any atom is 0.328 e. The van der Waals surface area contributed by atoms with E-state index in [0.717, 1.165) is 12.1 Å². The molecule has 0 saturated heterocycles. The lowest BCUT2D eigenvalue weighted by Gasteiger charge is -2.39. The van der Waals surface area contributed by atoms with Crippen LogP contribution in [0.4, 0.5) is 17.6 Å². The molecule has 1 unspecified atom stereocenters. The number of rotatable bonds is 7. The molecule has 0 aliphatic carbocycles. The average molecular weight is 381 g/mol. The number of carboxylic acid groups (broad SMARTS) is 1. The third-order valence-electron chi connectivity index (χ3n) is 3.36. The topological polar surface area (TPSA) is 72.4 Å². The fraction of sp³-hybridized carbons (Fsp3) is 0.438. The highest BCUT2D eigenvalue weighted by molar-refractivity contribution is 7.90. The molecule has 2 N–H and O–H groups in total. The molecule has 25 heavy (non-hydrogen) atoms. The van der Waals surface area contributed by atoms with Crippen LogP contribution < -0.4 is 4.72 Å². The third kappa shape index (κ3) is 4.74. The van der Waals surface area contributed by atoms with E-state index in [1.807, 2.05) is 4.72 Å². The molecular formula is C16H19F4NO3S. The van der Waals surface area contributed by atoms with Crippen molar-refractivity contribution in [1.82, 2.24) is 4.72 Å². The predicted molar refractivity (Wildman–Crippen MR) is 86.8 cm³/mol. The Hall–Kier alpha value is -1.58. The molecule has 140 valence electrons. The molecule has 1 rings (SSSR count). The Balaban J connectivity index is 3.59. The highest BCUT2D eigenvalue weighted by Gasteiger charge is 2.59. The molecule has 1 aromatic rings. The zero-order valence-electron chi connectivity index (χ0n) is 13.9. The van der Waals surface area contributed by atoms with Crippen LogP contribution in [0.2, 0.25) is 0 Å². The first-order chi connectivity index (χ1) is 11.4. The monoisotopic (exact) mass is 381 g/mol. The second-order valence-electron chi connectivity index (χ2n) is 6.30. The minimum atomic E-state index is -4.19. The summed E-state index contributed by atoms with van der Waals surface area (Å²) in [4.78, 5) is 10.6. The molecule has 0 heterocycles. The summed E-state index contributed by atoms with van der Waals surface area (Å²) in [6, 6.07) is 4.25. The molecule has 0 aliphatic rings. The van der Waals surface area contributed by atoms with Crippen molar-refractivity contribution in [2.24, 2.45) is 0 Å². The Kier molecular flexibility index (Phi) is 6.66. The number of nitrogens with one attached hydrogen (secondary N) is 1. The van der Waals surface area contributed by atoms with Crippen LogP contribution in [0.3, 0.4) is 0 Å². The zero-order chi connectivity index (χ0) is 19.5. The van der Waals surface area contributed by atoms with E-state index in [1.54, 1.807) is 0 Å². The summed E-state index contributed by atoms with van der Waals surface area (Å²) in [5, 5.41) is 8.58. The summed E-state index contributed by atoms with van der Waals surface area (Å²) < 4.78 is 70.9. The van der Waals surface area contributed by atoms with E-state index in [-0.39, 0.29) is 12.2 Å². The highest BCUT2D eigenvalue weighted by atomic mass is 32.2. The van der Waals surface area contributed by atoms with Crippen molar-refractivity contribution in [3.63, 3.8) is 0 Å². The normalized spacial score (nSPS) is 16.6. The van der Waals surface area contributed by atoms with Crippen LogP contribution in [0.25, 0.3) is 0 Å². The molecule has 9 heteroatoms. The molecule has 0 radical (unpaired) electrons. The average Bonchev–Trinajstić information content (AvgIpc) is 2.50. The number of carboxylic acids is 1. The first-order valence-electron chi connectivity index (χ1n) is 7.18. The smallest absolute Gasteiger partial charge is 0.328 e. The largest absolute Gasteiger partial charge is 0.598 e. The summed E-state index contributed by atoms with van der Waals surface area (Å²) in [6.07, 6.45) is 0.0845. The summed E-state index contributed by atoms with van der Waals surface area (Å²) in [7, 11) is 0. The van der Waals surface area contributed by atoms with Crippen LogP contribution in [0.5, 0.6) is 0 Å². The summed E-state index contributed by atoms with van der Waals surface area (Å²) in [5.74, 6) is -7.01. The zero-order valence-corrected chi connectivity index (χ0v) is 14.7. The van der Waals surface area contributed by atoms with E-state index in [0.29, 0.717) is 0 Å². The first-order valence-corrected chi connectivity index (χ1v) is 8.33. The van der Waals surface area contributed by atoms with Gasteiger partial charge >= 0.3 is 5.97 Å². The fourth-order valence-corrected chi connectivity index (χ4v) is 2.85. The van der Waals surface area contributed by atoms with Gasteiger partial charge in [0.15, 0.2) is 5.54 Å². The van der Waals surface area contributed by atoms with Crippen molar-refractivity contribution < 1.29 is 32.0 Å². The number of carbonyl (C=O) groups is 1. The second-order valence-corrected chi connectivity index (χ2v) is 8.26. The Morgan fingerprint density at radius 3 is 2.32 bits per heavy atom. The molecule has 0 aromatic heterocycles. The Labute approximate surface area is 146 Å². The van der Waals surface area contributed by atoms with Gasteiger partial charge in [0.25, 0.3) is 5.92 Å². The van der Waals surface area contributed by atoms with Crippen LogP contribution in [-0.2, 0) is 21.7 Å². The lowest BCUT2D eigenvalue weighted by molar-refractivity contribution is -0.131. The molecular weight excluding hydrogens is 362 g/mol.